The zero-order valence-corrected chi connectivity index (χ0v) is 9.79. The maximum atomic E-state index is 12.7. The Hall–Kier alpha value is -0.640. The molecule has 0 amide bonds. The highest BCUT2D eigenvalue weighted by atomic mass is 35.5. The fourth-order valence-corrected chi connectivity index (χ4v) is 1.96. The van der Waals surface area contributed by atoms with E-state index < -0.39 is 12.1 Å². The quantitative estimate of drug-likeness (QED) is 0.859. The number of halogens is 2. The molecule has 0 bridgehead atoms. The van der Waals surface area contributed by atoms with Crippen LogP contribution in [0.2, 0.25) is 0 Å². The SMILES string of the molecule is Cl.N[C@@H](c1ccc(F)cc1)[C@H](O)C1CCC1. The number of nitrogens with two attached hydrogens (primary N) is 1. The van der Waals surface area contributed by atoms with E-state index in [1.54, 1.807) is 12.1 Å². The van der Waals surface area contributed by atoms with Crippen LogP contribution in [0.1, 0.15) is 30.9 Å². The van der Waals surface area contributed by atoms with E-state index in [0.717, 1.165) is 18.4 Å². The van der Waals surface area contributed by atoms with Gasteiger partial charge in [-0.05, 0) is 36.5 Å². The molecule has 0 heterocycles. The van der Waals surface area contributed by atoms with E-state index in [9.17, 15) is 9.50 Å². The van der Waals surface area contributed by atoms with Crippen LogP contribution in [0.15, 0.2) is 24.3 Å². The van der Waals surface area contributed by atoms with Gasteiger partial charge in [-0.3, -0.25) is 0 Å². The van der Waals surface area contributed by atoms with Crippen LogP contribution in [0.25, 0.3) is 0 Å². The molecule has 0 unspecified atom stereocenters. The standard InChI is InChI=1S/C12H16FNO.ClH/c13-10-6-4-8(5-7-10)11(14)12(15)9-2-1-3-9;/h4-7,9,11-12,15H,1-3,14H2;1H/t11-,12+;/m0./s1. The predicted molar refractivity (Wildman–Crippen MR) is 63.9 cm³/mol. The summed E-state index contributed by atoms with van der Waals surface area (Å²) in [5.41, 5.74) is 6.73. The fraction of sp³-hybridized carbons (Fsp3) is 0.500. The third-order valence-electron chi connectivity index (χ3n) is 3.26. The van der Waals surface area contributed by atoms with Crippen LogP contribution in [-0.4, -0.2) is 11.2 Å². The lowest BCUT2D eigenvalue weighted by Gasteiger charge is -2.33. The Morgan fingerprint density at radius 1 is 1.25 bits per heavy atom. The first-order valence-electron chi connectivity index (χ1n) is 5.37. The summed E-state index contributed by atoms with van der Waals surface area (Å²) in [4.78, 5) is 0. The first kappa shape index (κ1) is 13.4. The molecular weight excluding hydrogens is 229 g/mol. The number of aliphatic hydroxyl groups is 1. The van der Waals surface area contributed by atoms with Gasteiger partial charge in [0, 0.05) is 0 Å². The van der Waals surface area contributed by atoms with Gasteiger partial charge in [0.2, 0.25) is 0 Å². The van der Waals surface area contributed by atoms with Crippen molar-refractivity contribution >= 4 is 12.4 Å². The second-order valence-corrected chi connectivity index (χ2v) is 4.26. The lowest BCUT2D eigenvalue weighted by atomic mass is 9.77. The number of benzene rings is 1. The molecule has 0 aromatic heterocycles. The van der Waals surface area contributed by atoms with Gasteiger partial charge in [-0.1, -0.05) is 18.6 Å². The molecule has 0 spiro atoms. The Kier molecular flexibility index (Phi) is 4.71. The molecule has 1 aromatic rings. The smallest absolute Gasteiger partial charge is 0.123 e. The van der Waals surface area contributed by atoms with Gasteiger partial charge < -0.3 is 10.8 Å². The number of hydrogen-bond acceptors (Lipinski definition) is 2. The average molecular weight is 246 g/mol. The molecule has 0 aliphatic heterocycles. The Balaban J connectivity index is 0.00000128. The highest BCUT2D eigenvalue weighted by molar-refractivity contribution is 5.85. The molecule has 3 N–H and O–H groups in total. The molecule has 2 rings (SSSR count). The molecular formula is C12H17ClFNO. The van der Waals surface area contributed by atoms with Crippen molar-refractivity contribution in [2.75, 3.05) is 0 Å². The molecule has 2 atom stereocenters. The van der Waals surface area contributed by atoms with E-state index in [-0.39, 0.29) is 18.2 Å². The minimum Gasteiger partial charge on any atom is -0.391 e. The van der Waals surface area contributed by atoms with Crippen LogP contribution in [0.3, 0.4) is 0 Å². The summed E-state index contributed by atoms with van der Waals surface area (Å²) in [5.74, 6) is 0.0501. The van der Waals surface area contributed by atoms with E-state index in [1.165, 1.54) is 18.6 Å². The van der Waals surface area contributed by atoms with Crippen LogP contribution in [0.5, 0.6) is 0 Å². The van der Waals surface area contributed by atoms with Crippen molar-refractivity contribution < 1.29 is 9.50 Å². The molecule has 1 aromatic carbocycles. The van der Waals surface area contributed by atoms with Crippen molar-refractivity contribution in [1.29, 1.82) is 0 Å². The molecule has 1 aliphatic carbocycles. The van der Waals surface area contributed by atoms with Crippen molar-refractivity contribution in [2.45, 2.75) is 31.4 Å². The van der Waals surface area contributed by atoms with Crippen molar-refractivity contribution in [2.24, 2.45) is 11.7 Å². The van der Waals surface area contributed by atoms with Crippen LogP contribution in [0.4, 0.5) is 4.39 Å². The van der Waals surface area contributed by atoms with E-state index >= 15 is 0 Å². The molecule has 90 valence electrons. The maximum absolute atomic E-state index is 12.7. The highest BCUT2D eigenvalue weighted by Crippen LogP contribution is 2.34. The normalized spacial score (nSPS) is 19.4. The summed E-state index contributed by atoms with van der Waals surface area (Å²) in [6.07, 6.45) is 2.79. The summed E-state index contributed by atoms with van der Waals surface area (Å²) >= 11 is 0. The van der Waals surface area contributed by atoms with Gasteiger partial charge in [0.25, 0.3) is 0 Å². The van der Waals surface area contributed by atoms with Gasteiger partial charge in [-0.25, -0.2) is 4.39 Å². The van der Waals surface area contributed by atoms with Crippen molar-refractivity contribution in [3.8, 4) is 0 Å². The first-order valence-corrected chi connectivity index (χ1v) is 5.37. The molecule has 0 radical (unpaired) electrons. The molecule has 1 saturated carbocycles. The van der Waals surface area contributed by atoms with Crippen LogP contribution in [0, 0.1) is 11.7 Å². The van der Waals surface area contributed by atoms with Crippen molar-refractivity contribution in [1.82, 2.24) is 0 Å². The minimum absolute atomic E-state index is 0. The van der Waals surface area contributed by atoms with Gasteiger partial charge in [0.05, 0.1) is 12.1 Å². The lowest BCUT2D eigenvalue weighted by Crippen LogP contribution is -2.36. The molecule has 1 fully saturated rings. The van der Waals surface area contributed by atoms with Gasteiger partial charge >= 0.3 is 0 Å². The summed E-state index contributed by atoms with van der Waals surface area (Å²) in [6.45, 7) is 0. The van der Waals surface area contributed by atoms with Crippen molar-refractivity contribution in [3.05, 3.63) is 35.6 Å². The summed E-state index contributed by atoms with van der Waals surface area (Å²) < 4.78 is 12.7. The monoisotopic (exact) mass is 245 g/mol. The second kappa shape index (κ2) is 5.62. The van der Waals surface area contributed by atoms with Gasteiger partial charge in [-0.15, -0.1) is 12.4 Å². The second-order valence-electron chi connectivity index (χ2n) is 4.26. The van der Waals surface area contributed by atoms with Crippen LogP contribution >= 0.6 is 12.4 Å². The van der Waals surface area contributed by atoms with Gasteiger partial charge in [-0.2, -0.15) is 0 Å². The average Bonchev–Trinajstić information content (AvgIpc) is 2.15. The molecule has 4 heteroatoms. The van der Waals surface area contributed by atoms with E-state index in [0.29, 0.717) is 5.92 Å². The van der Waals surface area contributed by atoms with Gasteiger partial charge in [0.1, 0.15) is 5.82 Å². The topological polar surface area (TPSA) is 46.2 Å². The number of aliphatic hydroxyl groups excluding tert-OH is 1. The third-order valence-corrected chi connectivity index (χ3v) is 3.26. The zero-order chi connectivity index (χ0) is 10.8. The lowest BCUT2D eigenvalue weighted by molar-refractivity contribution is 0.0413. The van der Waals surface area contributed by atoms with E-state index in [4.69, 9.17) is 5.73 Å². The largest absolute Gasteiger partial charge is 0.391 e. The molecule has 1 aliphatic rings. The third kappa shape index (κ3) is 2.73. The maximum Gasteiger partial charge on any atom is 0.123 e. The van der Waals surface area contributed by atoms with E-state index in [2.05, 4.69) is 0 Å². The minimum atomic E-state index is -0.496. The van der Waals surface area contributed by atoms with Crippen LogP contribution in [-0.2, 0) is 0 Å². The summed E-state index contributed by atoms with van der Waals surface area (Å²) in [7, 11) is 0. The summed E-state index contributed by atoms with van der Waals surface area (Å²) in [6, 6.07) is 5.64. The number of rotatable bonds is 3. The summed E-state index contributed by atoms with van der Waals surface area (Å²) in [5, 5.41) is 9.94. The molecule has 0 saturated heterocycles. The van der Waals surface area contributed by atoms with Crippen molar-refractivity contribution in [3.63, 3.8) is 0 Å². The Morgan fingerprint density at radius 3 is 2.25 bits per heavy atom. The first-order chi connectivity index (χ1) is 7.18. The highest BCUT2D eigenvalue weighted by Gasteiger charge is 2.30. The molecule has 16 heavy (non-hydrogen) atoms. The fourth-order valence-electron chi connectivity index (χ4n) is 1.96. The Bertz CT molecular complexity index is 326. The molecule has 2 nitrogen and oxygen atoms in total. The number of hydrogen-bond donors (Lipinski definition) is 2. The predicted octanol–water partition coefficient (Wildman–Crippen LogP) is 2.41. The Morgan fingerprint density at radius 2 is 1.81 bits per heavy atom. The van der Waals surface area contributed by atoms with Gasteiger partial charge in [0.15, 0.2) is 0 Å². The van der Waals surface area contributed by atoms with E-state index in [1.807, 2.05) is 0 Å². The van der Waals surface area contributed by atoms with Crippen LogP contribution < -0.4 is 5.73 Å². The zero-order valence-electron chi connectivity index (χ0n) is 8.97. The Labute approximate surface area is 101 Å².